The number of allylic oxidation sites excluding steroid dienone is 1. The lowest BCUT2D eigenvalue weighted by Crippen LogP contribution is -2.23. The van der Waals surface area contributed by atoms with Crippen molar-refractivity contribution in [2.75, 3.05) is 5.32 Å². The highest BCUT2D eigenvalue weighted by atomic mass is 19.3. The standard InChI is InChI=1S/C21H25F2N3O/c1-4-20(27)24-16-6-8-19-17(13-16)18(25-26(19)14(2)3)7-5-15-9-11-21(22,23)12-10-15/h4-8,13-15H,1,9-12H2,2-3H3,(H,24,27)/b7-5+. The van der Waals surface area contributed by atoms with Crippen LogP contribution in [0.2, 0.25) is 0 Å². The number of aromatic nitrogens is 2. The molecule has 0 unspecified atom stereocenters. The predicted octanol–water partition coefficient (Wildman–Crippen LogP) is 5.58. The minimum Gasteiger partial charge on any atom is -0.323 e. The summed E-state index contributed by atoms with van der Waals surface area (Å²) in [5.41, 5.74) is 2.42. The van der Waals surface area contributed by atoms with Gasteiger partial charge in [0.2, 0.25) is 11.8 Å². The van der Waals surface area contributed by atoms with Gasteiger partial charge in [-0.15, -0.1) is 0 Å². The Morgan fingerprint density at radius 2 is 2.07 bits per heavy atom. The molecule has 0 bridgehead atoms. The van der Waals surface area contributed by atoms with Crippen molar-refractivity contribution in [2.45, 2.75) is 51.5 Å². The summed E-state index contributed by atoms with van der Waals surface area (Å²) < 4.78 is 28.6. The fraction of sp³-hybridized carbons (Fsp3) is 0.429. The highest BCUT2D eigenvalue weighted by Crippen LogP contribution is 2.37. The molecule has 3 rings (SSSR count). The lowest BCUT2D eigenvalue weighted by molar-refractivity contribution is -0.111. The van der Waals surface area contributed by atoms with Crippen LogP contribution in [-0.2, 0) is 4.79 Å². The molecule has 27 heavy (non-hydrogen) atoms. The minimum atomic E-state index is -2.52. The first-order valence-corrected chi connectivity index (χ1v) is 9.31. The fourth-order valence-electron chi connectivity index (χ4n) is 3.43. The number of nitrogens with one attached hydrogen (secondary N) is 1. The van der Waals surface area contributed by atoms with E-state index in [1.165, 1.54) is 6.08 Å². The molecular weight excluding hydrogens is 348 g/mol. The Labute approximate surface area is 157 Å². The molecule has 1 aromatic heterocycles. The van der Waals surface area contributed by atoms with Crippen LogP contribution in [0.15, 0.2) is 36.9 Å². The Morgan fingerprint density at radius 3 is 2.70 bits per heavy atom. The molecule has 1 aromatic carbocycles. The van der Waals surface area contributed by atoms with Crippen LogP contribution < -0.4 is 5.32 Å². The van der Waals surface area contributed by atoms with Crippen molar-refractivity contribution in [3.8, 4) is 0 Å². The summed E-state index contributed by atoms with van der Waals surface area (Å²) in [6.45, 7) is 7.57. The van der Waals surface area contributed by atoms with Crippen LogP contribution in [0.25, 0.3) is 17.0 Å². The van der Waals surface area contributed by atoms with Crippen molar-refractivity contribution in [1.29, 1.82) is 0 Å². The molecule has 1 saturated carbocycles. The highest BCUT2D eigenvalue weighted by Gasteiger charge is 2.33. The van der Waals surface area contributed by atoms with Crippen LogP contribution in [0.3, 0.4) is 0 Å². The number of nitrogens with zero attached hydrogens (tertiary/aromatic N) is 2. The van der Waals surface area contributed by atoms with Gasteiger partial charge in [-0.1, -0.05) is 12.7 Å². The maximum atomic E-state index is 13.3. The lowest BCUT2D eigenvalue weighted by Gasteiger charge is -2.26. The molecule has 6 heteroatoms. The van der Waals surface area contributed by atoms with E-state index in [1.54, 1.807) is 0 Å². The van der Waals surface area contributed by atoms with E-state index in [1.807, 2.05) is 35.0 Å². The van der Waals surface area contributed by atoms with Gasteiger partial charge in [-0.2, -0.15) is 5.10 Å². The Bertz CT molecular complexity index is 873. The van der Waals surface area contributed by atoms with Crippen LogP contribution in [-0.4, -0.2) is 21.6 Å². The van der Waals surface area contributed by atoms with Gasteiger partial charge in [0.05, 0.1) is 11.2 Å². The van der Waals surface area contributed by atoms with Crippen LogP contribution >= 0.6 is 0 Å². The monoisotopic (exact) mass is 373 g/mol. The number of carbonyl (C=O) groups is 1. The van der Waals surface area contributed by atoms with Crippen LogP contribution in [0, 0.1) is 5.92 Å². The molecule has 1 aliphatic carbocycles. The summed E-state index contributed by atoms with van der Waals surface area (Å²) in [6.07, 6.45) is 6.02. The van der Waals surface area contributed by atoms with Crippen LogP contribution in [0.4, 0.5) is 14.5 Å². The molecule has 0 atom stereocenters. The molecule has 4 nitrogen and oxygen atoms in total. The zero-order chi connectivity index (χ0) is 19.6. The van der Waals surface area contributed by atoms with E-state index in [9.17, 15) is 13.6 Å². The summed E-state index contributed by atoms with van der Waals surface area (Å²) in [6, 6.07) is 5.83. The topological polar surface area (TPSA) is 46.9 Å². The molecule has 2 aromatic rings. The number of alkyl halides is 2. The molecule has 0 spiro atoms. The molecule has 1 heterocycles. The van der Waals surface area contributed by atoms with Crippen LogP contribution in [0.1, 0.15) is 51.3 Å². The maximum absolute atomic E-state index is 13.3. The molecule has 1 amide bonds. The van der Waals surface area contributed by atoms with Gasteiger partial charge in [0.25, 0.3) is 0 Å². The normalized spacial score (nSPS) is 17.7. The number of fused-ring (bicyclic) bond motifs is 1. The molecule has 0 saturated heterocycles. The highest BCUT2D eigenvalue weighted by molar-refractivity contribution is 6.01. The third-order valence-electron chi connectivity index (χ3n) is 4.96. The second-order valence-electron chi connectivity index (χ2n) is 7.40. The van der Waals surface area contributed by atoms with E-state index in [4.69, 9.17) is 5.10 Å². The number of amides is 1. The first kappa shape index (κ1) is 19.3. The molecule has 1 N–H and O–H groups in total. The summed E-state index contributed by atoms with van der Waals surface area (Å²) in [7, 11) is 0. The van der Waals surface area contributed by atoms with Crippen molar-refractivity contribution in [3.05, 3.63) is 42.6 Å². The lowest BCUT2D eigenvalue weighted by atomic mass is 9.86. The van der Waals surface area contributed by atoms with E-state index < -0.39 is 5.92 Å². The first-order chi connectivity index (χ1) is 12.8. The Kier molecular flexibility index (Phi) is 5.44. The summed E-state index contributed by atoms with van der Waals surface area (Å²) in [4.78, 5) is 11.6. The average Bonchev–Trinajstić information content (AvgIpc) is 2.99. The van der Waals surface area contributed by atoms with Gasteiger partial charge in [0.15, 0.2) is 0 Å². The second kappa shape index (κ2) is 7.62. The smallest absolute Gasteiger partial charge is 0.248 e. The zero-order valence-electron chi connectivity index (χ0n) is 15.7. The van der Waals surface area contributed by atoms with Crippen LogP contribution in [0.5, 0.6) is 0 Å². The van der Waals surface area contributed by atoms with Gasteiger partial charge in [-0.05, 0) is 63.0 Å². The third kappa shape index (κ3) is 4.43. The van der Waals surface area contributed by atoms with Gasteiger partial charge in [0.1, 0.15) is 0 Å². The van der Waals surface area contributed by atoms with E-state index in [-0.39, 0.29) is 30.7 Å². The minimum absolute atomic E-state index is 0.0546. The number of anilines is 1. The molecular formula is C21H25F2N3O. The number of carbonyl (C=O) groups excluding carboxylic acids is 1. The summed E-state index contributed by atoms with van der Waals surface area (Å²) in [5, 5.41) is 8.37. The number of rotatable bonds is 5. The average molecular weight is 373 g/mol. The number of hydrogen-bond acceptors (Lipinski definition) is 2. The summed E-state index contributed by atoms with van der Waals surface area (Å²) in [5.74, 6) is -2.65. The maximum Gasteiger partial charge on any atom is 0.248 e. The van der Waals surface area contributed by atoms with E-state index in [0.717, 1.165) is 16.6 Å². The molecule has 144 valence electrons. The van der Waals surface area contributed by atoms with Gasteiger partial charge in [0, 0.05) is 30.0 Å². The molecule has 1 fully saturated rings. The van der Waals surface area contributed by atoms with Gasteiger partial charge >= 0.3 is 0 Å². The predicted molar refractivity (Wildman–Crippen MR) is 105 cm³/mol. The van der Waals surface area contributed by atoms with E-state index in [2.05, 4.69) is 25.7 Å². The van der Waals surface area contributed by atoms with Gasteiger partial charge in [-0.25, -0.2) is 8.78 Å². The first-order valence-electron chi connectivity index (χ1n) is 9.31. The van der Waals surface area contributed by atoms with Crippen molar-refractivity contribution in [3.63, 3.8) is 0 Å². The Hall–Kier alpha value is -2.50. The van der Waals surface area contributed by atoms with Gasteiger partial charge < -0.3 is 5.32 Å². The SMILES string of the molecule is C=CC(=O)Nc1ccc2c(c1)c(/C=C/C1CCC(F)(F)CC1)nn2C(C)C. The van der Waals surface area contributed by atoms with Crippen molar-refractivity contribution < 1.29 is 13.6 Å². The Morgan fingerprint density at radius 1 is 1.37 bits per heavy atom. The summed E-state index contributed by atoms with van der Waals surface area (Å²) >= 11 is 0. The second-order valence-corrected chi connectivity index (χ2v) is 7.40. The largest absolute Gasteiger partial charge is 0.323 e. The van der Waals surface area contributed by atoms with Gasteiger partial charge in [-0.3, -0.25) is 9.48 Å². The van der Waals surface area contributed by atoms with E-state index in [0.29, 0.717) is 18.5 Å². The third-order valence-corrected chi connectivity index (χ3v) is 4.96. The van der Waals surface area contributed by atoms with Crippen molar-refractivity contribution >= 4 is 28.6 Å². The Balaban J connectivity index is 1.90. The van der Waals surface area contributed by atoms with Crippen molar-refractivity contribution in [2.24, 2.45) is 5.92 Å². The molecule has 0 aliphatic heterocycles. The number of benzene rings is 1. The zero-order valence-corrected chi connectivity index (χ0v) is 15.7. The quantitative estimate of drug-likeness (QED) is 0.696. The fourth-order valence-corrected chi connectivity index (χ4v) is 3.43. The van der Waals surface area contributed by atoms with Crippen molar-refractivity contribution in [1.82, 2.24) is 9.78 Å². The van der Waals surface area contributed by atoms with E-state index >= 15 is 0 Å². The molecule has 1 aliphatic rings. The number of halogens is 2. The number of hydrogen-bond donors (Lipinski definition) is 1. The molecule has 0 radical (unpaired) electrons.